The summed E-state index contributed by atoms with van der Waals surface area (Å²) in [6.45, 7) is 1.92. The van der Waals surface area contributed by atoms with Crippen molar-refractivity contribution in [1.82, 2.24) is 0 Å². The van der Waals surface area contributed by atoms with Crippen molar-refractivity contribution in [2.24, 2.45) is 0 Å². The highest BCUT2D eigenvalue weighted by molar-refractivity contribution is 7.92. The Morgan fingerprint density at radius 3 is 2.74 bits per heavy atom. The predicted octanol–water partition coefficient (Wildman–Crippen LogP) is 1.80. The smallest absolute Gasteiger partial charge is 0.312 e. The van der Waals surface area contributed by atoms with Crippen LogP contribution in [0, 0.1) is 0 Å². The highest BCUT2D eigenvalue weighted by Crippen LogP contribution is 2.38. The first-order valence-electron chi connectivity index (χ1n) is 6.29. The second-order valence-electron chi connectivity index (χ2n) is 4.65. The quantitative estimate of drug-likeness (QED) is 0.894. The zero-order valence-electron chi connectivity index (χ0n) is 10.7. The molecule has 1 unspecified atom stereocenters. The van der Waals surface area contributed by atoms with E-state index in [1.165, 1.54) is 4.31 Å². The first-order valence-corrected chi connectivity index (χ1v) is 7.90. The van der Waals surface area contributed by atoms with Gasteiger partial charge in [-0.1, -0.05) is 31.5 Å². The van der Waals surface area contributed by atoms with E-state index in [9.17, 15) is 18.3 Å². The third-order valence-electron chi connectivity index (χ3n) is 3.32. The minimum Gasteiger partial charge on any atom is -0.481 e. The average Bonchev–Trinajstić information content (AvgIpc) is 2.77. The molecule has 1 aliphatic heterocycles. The first kappa shape index (κ1) is 13.9. The van der Waals surface area contributed by atoms with Crippen LogP contribution in [0.3, 0.4) is 0 Å². The number of para-hydroxylation sites is 1. The van der Waals surface area contributed by atoms with Crippen LogP contribution < -0.4 is 4.31 Å². The molecule has 0 fully saturated rings. The van der Waals surface area contributed by atoms with Crippen molar-refractivity contribution in [3.8, 4) is 0 Å². The number of anilines is 1. The van der Waals surface area contributed by atoms with Crippen molar-refractivity contribution < 1.29 is 18.3 Å². The maximum Gasteiger partial charge on any atom is 0.312 e. The Labute approximate surface area is 112 Å². The van der Waals surface area contributed by atoms with Gasteiger partial charge in [-0.05, 0) is 18.1 Å². The number of fused-ring (bicyclic) bond motifs is 1. The Bertz CT molecular complexity index is 582. The summed E-state index contributed by atoms with van der Waals surface area (Å²) in [6, 6.07) is 6.81. The number of hydrogen-bond donors (Lipinski definition) is 1. The third-order valence-corrected chi connectivity index (χ3v) is 5.14. The Hall–Kier alpha value is -1.56. The number of unbranched alkanes of at least 4 members (excludes halogenated alkanes) is 1. The average molecular weight is 283 g/mol. The lowest BCUT2D eigenvalue weighted by atomic mass is 10.0. The molecule has 2 rings (SSSR count). The van der Waals surface area contributed by atoms with E-state index in [1.807, 2.05) is 6.92 Å². The topological polar surface area (TPSA) is 74.7 Å². The van der Waals surface area contributed by atoms with E-state index in [1.54, 1.807) is 24.3 Å². The van der Waals surface area contributed by atoms with E-state index in [-0.39, 0.29) is 12.3 Å². The van der Waals surface area contributed by atoms with Crippen LogP contribution >= 0.6 is 0 Å². The number of carbonyl (C=O) groups is 1. The van der Waals surface area contributed by atoms with Crippen LogP contribution in [0.5, 0.6) is 0 Å². The molecule has 5 nitrogen and oxygen atoms in total. The summed E-state index contributed by atoms with van der Waals surface area (Å²) in [7, 11) is -3.43. The lowest BCUT2D eigenvalue weighted by Crippen LogP contribution is -2.33. The molecule has 0 radical (unpaired) electrons. The van der Waals surface area contributed by atoms with E-state index in [2.05, 4.69) is 0 Å². The molecule has 0 spiro atoms. The first-order chi connectivity index (χ1) is 8.97. The lowest BCUT2D eigenvalue weighted by Gasteiger charge is -2.19. The van der Waals surface area contributed by atoms with Crippen molar-refractivity contribution in [3.63, 3.8) is 0 Å². The zero-order chi connectivity index (χ0) is 14.0. The standard InChI is InChI=1S/C13H17NO4S/c1-2-3-8-19(17,18)14-9-11(13(15)16)10-6-4-5-7-12(10)14/h4-7,11H,2-3,8-9H2,1H3,(H,15,16). The summed E-state index contributed by atoms with van der Waals surface area (Å²) in [4.78, 5) is 11.2. The van der Waals surface area contributed by atoms with Crippen LogP contribution in [0.25, 0.3) is 0 Å². The molecular formula is C13H17NO4S. The number of hydrogen-bond acceptors (Lipinski definition) is 3. The van der Waals surface area contributed by atoms with Crippen LogP contribution in [0.1, 0.15) is 31.2 Å². The molecule has 1 aliphatic rings. The summed E-state index contributed by atoms with van der Waals surface area (Å²) in [5.74, 6) is -1.70. The normalized spacial score (nSPS) is 18.4. The van der Waals surface area contributed by atoms with Crippen LogP contribution in [0.4, 0.5) is 5.69 Å². The largest absolute Gasteiger partial charge is 0.481 e. The fourth-order valence-corrected chi connectivity index (χ4v) is 4.00. The molecule has 0 aliphatic carbocycles. The molecule has 1 atom stereocenters. The molecule has 0 amide bonds. The van der Waals surface area contributed by atoms with Gasteiger partial charge in [-0.25, -0.2) is 8.42 Å². The summed E-state index contributed by atoms with van der Waals surface area (Å²) < 4.78 is 25.8. The Balaban J connectivity index is 2.38. The monoisotopic (exact) mass is 283 g/mol. The molecule has 104 valence electrons. The van der Waals surface area contributed by atoms with Crippen molar-refractivity contribution in [2.45, 2.75) is 25.7 Å². The van der Waals surface area contributed by atoms with E-state index in [4.69, 9.17) is 0 Å². The molecule has 19 heavy (non-hydrogen) atoms. The Morgan fingerprint density at radius 2 is 2.11 bits per heavy atom. The summed E-state index contributed by atoms with van der Waals surface area (Å²) in [5.41, 5.74) is 1.08. The van der Waals surface area contributed by atoms with Gasteiger partial charge in [-0.15, -0.1) is 0 Å². The number of sulfonamides is 1. The molecule has 0 saturated carbocycles. The molecule has 0 saturated heterocycles. The number of nitrogens with zero attached hydrogens (tertiary/aromatic N) is 1. The number of carboxylic acids is 1. The van der Waals surface area contributed by atoms with Crippen LogP contribution in [0.15, 0.2) is 24.3 Å². The van der Waals surface area contributed by atoms with Gasteiger partial charge in [0.15, 0.2) is 0 Å². The summed E-state index contributed by atoms with van der Waals surface area (Å²) in [5, 5.41) is 9.20. The number of carboxylic acid groups (broad SMARTS) is 1. The Morgan fingerprint density at radius 1 is 1.42 bits per heavy atom. The highest BCUT2D eigenvalue weighted by Gasteiger charge is 2.38. The van der Waals surface area contributed by atoms with Crippen molar-refractivity contribution in [2.75, 3.05) is 16.6 Å². The van der Waals surface area contributed by atoms with Crippen molar-refractivity contribution in [3.05, 3.63) is 29.8 Å². The van der Waals surface area contributed by atoms with Gasteiger partial charge < -0.3 is 5.11 Å². The summed E-state index contributed by atoms with van der Waals surface area (Å²) in [6.07, 6.45) is 1.37. The van der Waals surface area contributed by atoms with Crippen molar-refractivity contribution in [1.29, 1.82) is 0 Å². The van der Waals surface area contributed by atoms with Crippen LogP contribution in [-0.4, -0.2) is 31.8 Å². The summed E-state index contributed by atoms with van der Waals surface area (Å²) >= 11 is 0. The van der Waals surface area contributed by atoms with Gasteiger partial charge >= 0.3 is 5.97 Å². The van der Waals surface area contributed by atoms with Crippen molar-refractivity contribution >= 4 is 21.7 Å². The van der Waals surface area contributed by atoms with Gasteiger partial charge in [0, 0.05) is 0 Å². The number of aliphatic carboxylic acids is 1. The second kappa shape index (κ2) is 5.21. The van der Waals surface area contributed by atoms with Gasteiger partial charge in [0.25, 0.3) is 0 Å². The molecule has 0 aromatic heterocycles. The lowest BCUT2D eigenvalue weighted by molar-refractivity contribution is -0.138. The van der Waals surface area contributed by atoms with Gasteiger partial charge in [0.1, 0.15) is 5.92 Å². The maximum absolute atomic E-state index is 12.3. The zero-order valence-corrected chi connectivity index (χ0v) is 11.6. The molecule has 1 N–H and O–H groups in total. The number of benzene rings is 1. The SMILES string of the molecule is CCCCS(=O)(=O)N1CC(C(=O)O)c2ccccc21. The molecular weight excluding hydrogens is 266 g/mol. The molecule has 1 aromatic rings. The van der Waals surface area contributed by atoms with Crippen LogP contribution in [0.2, 0.25) is 0 Å². The van der Waals surface area contributed by atoms with Gasteiger partial charge in [-0.2, -0.15) is 0 Å². The van der Waals surface area contributed by atoms with E-state index >= 15 is 0 Å². The number of rotatable bonds is 5. The van der Waals surface area contributed by atoms with Gasteiger partial charge in [-0.3, -0.25) is 9.10 Å². The molecule has 1 heterocycles. The highest BCUT2D eigenvalue weighted by atomic mass is 32.2. The minimum atomic E-state index is -3.43. The van der Waals surface area contributed by atoms with Gasteiger partial charge in [0.05, 0.1) is 18.0 Å². The molecule has 1 aromatic carbocycles. The van der Waals surface area contributed by atoms with E-state index in [0.717, 1.165) is 6.42 Å². The molecule has 0 bridgehead atoms. The third kappa shape index (κ3) is 2.58. The van der Waals surface area contributed by atoms with Gasteiger partial charge in [0.2, 0.25) is 10.0 Å². The molecule has 6 heteroatoms. The second-order valence-corrected chi connectivity index (χ2v) is 6.66. The predicted molar refractivity (Wildman–Crippen MR) is 72.9 cm³/mol. The fraction of sp³-hybridized carbons (Fsp3) is 0.462. The van der Waals surface area contributed by atoms with Crippen LogP contribution in [-0.2, 0) is 14.8 Å². The van der Waals surface area contributed by atoms with E-state index < -0.39 is 21.9 Å². The fourth-order valence-electron chi connectivity index (χ4n) is 2.28. The minimum absolute atomic E-state index is 0.000722. The maximum atomic E-state index is 12.3. The van der Waals surface area contributed by atoms with E-state index in [0.29, 0.717) is 17.7 Å². The Kier molecular flexibility index (Phi) is 3.80.